The molecule has 8 heteroatoms. The Morgan fingerprint density at radius 1 is 1.29 bits per heavy atom. The van der Waals surface area contributed by atoms with Crippen LogP contribution >= 0.6 is 0 Å². The summed E-state index contributed by atoms with van der Waals surface area (Å²) in [6.45, 7) is 5.99. The second-order valence-corrected chi connectivity index (χ2v) is 7.80. The van der Waals surface area contributed by atoms with Crippen molar-refractivity contribution >= 4 is 11.9 Å². The number of oxazole rings is 1. The van der Waals surface area contributed by atoms with Crippen molar-refractivity contribution in [1.29, 1.82) is 0 Å². The third kappa shape index (κ3) is 6.44. The van der Waals surface area contributed by atoms with E-state index in [1.807, 2.05) is 20.8 Å². The minimum Gasteiger partial charge on any atom is -0.480 e. The molecule has 0 bridgehead atoms. The molecule has 2 N–H and O–H groups in total. The van der Waals surface area contributed by atoms with Gasteiger partial charge in [-0.1, -0.05) is 20.8 Å². The average molecular weight is 394 g/mol. The number of aromatic nitrogens is 1. The number of nitrogens with zero attached hydrogens (tertiary/aromatic N) is 1. The van der Waals surface area contributed by atoms with Crippen molar-refractivity contribution in [2.75, 3.05) is 0 Å². The first-order valence-electron chi connectivity index (χ1n) is 8.97. The zero-order valence-corrected chi connectivity index (χ0v) is 16.1. The van der Waals surface area contributed by atoms with Gasteiger partial charge in [0.25, 0.3) is 0 Å². The summed E-state index contributed by atoms with van der Waals surface area (Å²) in [4.78, 5) is 27.4. The van der Waals surface area contributed by atoms with Gasteiger partial charge in [-0.2, -0.15) is 0 Å². The van der Waals surface area contributed by atoms with Crippen LogP contribution in [0.5, 0.6) is 0 Å². The normalized spacial score (nSPS) is 12.6. The largest absolute Gasteiger partial charge is 0.480 e. The number of carbonyl (C=O) groups is 2. The number of halogens is 2. The number of nitrogens with one attached hydrogen (secondary N) is 1. The van der Waals surface area contributed by atoms with Crippen LogP contribution in [-0.4, -0.2) is 28.0 Å². The SMILES string of the molecule is CC(C)(C)CCC(NC(=O)CCc1ncc(-c2ccc(F)cc2F)o1)C(=O)O. The quantitative estimate of drug-likeness (QED) is 0.707. The molecular formula is C20H24F2N2O4. The van der Waals surface area contributed by atoms with Crippen molar-refractivity contribution in [3.8, 4) is 11.3 Å². The summed E-state index contributed by atoms with van der Waals surface area (Å²) in [6.07, 6.45) is 2.38. The molecule has 0 aliphatic heterocycles. The number of rotatable bonds is 8. The highest BCUT2D eigenvalue weighted by atomic mass is 19.1. The van der Waals surface area contributed by atoms with Gasteiger partial charge in [0.15, 0.2) is 11.7 Å². The van der Waals surface area contributed by atoms with Gasteiger partial charge in [0.2, 0.25) is 5.91 Å². The number of aliphatic carboxylic acids is 1. The lowest BCUT2D eigenvalue weighted by atomic mass is 9.88. The number of carboxylic acid groups (broad SMARTS) is 1. The number of benzene rings is 1. The summed E-state index contributed by atoms with van der Waals surface area (Å²) < 4.78 is 32.2. The van der Waals surface area contributed by atoms with Crippen molar-refractivity contribution in [2.24, 2.45) is 5.41 Å². The molecule has 0 spiro atoms. The molecule has 152 valence electrons. The van der Waals surface area contributed by atoms with Crippen molar-refractivity contribution in [1.82, 2.24) is 10.3 Å². The lowest BCUT2D eigenvalue weighted by Crippen LogP contribution is -2.41. The van der Waals surface area contributed by atoms with Crippen molar-refractivity contribution in [3.63, 3.8) is 0 Å². The highest BCUT2D eigenvalue weighted by molar-refractivity contribution is 5.83. The van der Waals surface area contributed by atoms with Crippen LogP contribution in [0, 0.1) is 17.0 Å². The number of carboxylic acids is 1. The topological polar surface area (TPSA) is 92.4 Å². The summed E-state index contributed by atoms with van der Waals surface area (Å²) in [5, 5.41) is 11.8. The standard InChI is InChI=1S/C20H24F2N2O4/c1-20(2,3)9-8-15(19(26)27)24-17(25)6-7-18-23-11-16(28-18)13-5-4-12(21)10-14(13)22/h4-5,10-11,15H,6-9H2,1-3H3,(H,24,25)(H,26,27). The summed E-state index contributed by atoms with van der Waals surface area (Å²) in [5.41, 5.74) is 0.0282. The summed E-state index contributed by atoms with van der Waals surface area (Å²) in [5.74, 6) is -2.66. The lowest BCUT2D eigenvalue weighted by Gasteiger charge is -2.21. The molecule has 1 aromatic heterocycles. The van der Waals surface area contributed by atoms with E-state index < -0.39 is 29.6 Å². The number of aryl methyl sites for hydroxylation is 1. The Morgan fingerprint density at radius 2 is 2.00 bits per heavy atom. The maximum absolute atomic E-state index is 13.8. The molecule has 0 saturated heterocycles. The molecule has 2 rings (SSSR count). The Bertz CT molecular complexity index is 843. The molecule has 1 heterocycles. The number of hydrogen-bond acceptors (Lipinski definition) is 4. The van der Waals surface area contributed by atoms with Gasteiger partial charge in [-0.05, 0) is 30.4 Å². The Morgan fingerprint density at radius 3 is 2.61 bits per heavy atom. The maximum atomic E-state index is 13.8. The summed E-state index contributed by atoms with van der Waals surface area (Å²) in [7, 11) is 0. The second-order valence-electron chi connectivity index (χ2n) is 7.80. The predicted octanol–water partition coefficient (Wildman–Crippen LogP) is 3.95. The molecule has 0 aliphatic carbocycles. The summed E-state index contributed by atoms with van der Waals surface area (Å²) >= 11 is 0. The molecule has 0 fully saturated rings. The molecule has 28 heavy (non-hydrogen) atoms. The molecule has 0 saturated carbocycles. The van der Waals surface area contributed by atoms with Crippen LogP contribution in [0.1, 0.15) is 45.9 Å². The Kier molecular flexibility index (Phi) is 6.88. The van der Waals surface area contributed by atoms with Gasteiger partial charge >= 0.3 is 5.97 Å². The summed E-state index contributed by atoms with van der Waals surface area (Å²) in [6, 6.07) is 2.14. The monoisotopic (exact) mass is 394 g/mol. The average Bonchev–Trinajstić information content (AvgIpc) is 3.04. The van der Waals surface area contributed by atoms with Crippen LogP contribution in [0.2, 0.25) is 0 Å². The molecule has 6 nitrogen and oxygen atoms in total. The van der Waals surface area contributed by atoms with E-state index in [4.69, 9.17) is 4.42 Å². The van der Waals surface area contributed by atoms with E-state index in [1.165, 1.54) is 12.3 Å². The van der Waals surface area contributed by atoms with Crippen molar-refractivity contribution < 1.29 is 27.9 Å². The van der Waals surface area contributed by atoms with Crippen molar-refractivity contribution in [3.05, 3.63) is 41.9 Å². The highest BCUT2D eigenvalue weighted by Gasteiger charge is 2.23. The van der Waals surface area contributed by atoms with Gasteiger partial charge in [0.05, 0.1) is 11.8 Å². The van der Waals surface area contributed by atoms with E-state index in [1.54, 1.807) is 0 Å². The molecule has 1 amide bonds. The minimum atomic E-state index is -1.08. The van der Waals surface area contributed by atoms with E-state index in [0.29, 0.717) is 12.8 Å². The number of carbonyl (C=O) groups excluding carboxylic acids is 1. The van der Waals surface area contributed by atoms with Crippen molar-refractivity contribution in [2.45, 2.75) is 52.5 Å². The van der Waals surface area contributed by atoms with Crippen LogP contribution in [0.4, 0.5) is 8.78 Å². The van der Waals surface area contributed by atoms with Crippen LogP contribution in [0.3, 0.4) is 0 Å². The smallest absolute Gasteiger partial charge is 0.326 e. The fraction of sp³-hybridized carbons (Fsp3) is 0.450. The maximum Gasteiger partial charge on any atom is 0.326 e. The first-order valence-corrected chi connectivity index (χ1v) is 8.97. The van der Waals surface area contributed by atoms with E-state index in [-0.39, 0.29) is 35.5 Å². The van der Waals surface area contributed by atoms with Gasteiger partial charge in [0.1, 0.15) is 17.7 Å². The minimum absolute atomic E-state index is 0.0227. The first kappa shape index (κ1) is 21.5. The Balaban J connectivity index is 1.92. The van der Waals surface area contributed by atoms with Crippen LogP contribution in [0.15, 0.2) is 28.8 Å². The lowest BCUT2D eigenvalue weighted by molar-refractivity contribution is -0.142. The highest BCUT2D eigenvalue weighted by Crippen LogP contribution is 2.25. The van der Waals surface area contributed by atoms with Gasteiger partial charge < -0.3 is 14.8 Å². The second kappa shape index (κ2) is 8.95. The molecule has 0 aliphatic rings. The molecular weight excluding hydrogens is 370 g/mol. The van der Waals surface area contributed by atoms with Gasteiger partial charge in [-0.25, -0.2) is 18.6 Å². The fourth-order valence-electron chi connectivity index (χ4n) is 2.56. The zero-order chi connectivity index (χ0) is 20.9. The van der Waals surface area contributed by atoms with Crippen LogP contribution < -0.4 is 5.32 Å². The number of hydrogen-bond donors (Lipinski definition) is 2. The third-order valence-corrected chi connectivity index (χ3v) is 4.13. The fourth-order valence-corrected chi connectivity index (χ4v) is 2.56. The molecule has 1 atom stereocenters. The Labute approximate surface area is 162 Å². The van der Waals surface area contributed by atoms with Crippen LogP contribution in [-0.2, 0) is 16.0 Å². The molecule has 0 radical (unpaired) electrons. The number of amides is 1. The van der Waals surface area contributed by atoms with E-state index >= 15 is 0 Å². The predicted molar refractivity (Wildman–Crippen MR) is 98.4 cm³/mol. The molecule has 1 unspecified atom stereocenters. The van der Waals surface area contributed by atoms with E-state index in [9.17, 15) is 23.5 Å². The van der Waals surface area contributed by atoms with Crippen LogP contribution in [0.25, 0.3) is 11.3 Å². The zero-order valence-electron chi connectivity index (χ0n) is 16.1. The molecule has 2 aromatic rings. The van der Waals surface area contributed by atoms with Gasteiger partial charge in [-0.15, -0.1) is 0 Å². The Hall–Kier alpha value is -2.77. The third-order valence-electron chi connectivity index (χ3n) is 4.13. The van der Waals surface area contributed by atoms with E-state index in [0.717, 1.165) is 12.1 Å². The molecule has 1 aromatic carbocycles. The van der Waals surface area contributed by atoms with Gasteiger partial charge in [0, 0.05) is 18.9 Å². The first-order chi connectivity index (χ1) is 13.0. The van der Waals surface area contributed by atoms with Gasteiger partial charge in [-0.3, -0.25) is 4.79 Å². The van der Waals surface area contributed by atoms with E-state index in [2.05, 4.69) is 10.3 Å².